The van der Waals surface area contributed by atoms with Crippen LogP contribution >= 0.6 is 0 Å². The van der Waals surface area contributed by atoms with Gasteiger partial charge in [-0.05, 0) is 39.9 Å². The predicted molar refractivity (Wildman–Crippen MR) is 189 cm³/mol. The molecular formula is C41H43N3O4. The number of urea groups is 1. The molecule has 0 radical (unpaired) electrons. The van der Waals surface area contributed by atoms with Crippen molar-refractivity contribution in [2.24, 2.45) is 5.92 Å². The van der Waals surface area contributed by atoms with Gasteiger partial charge in [-0.2, -0.15) is 0 Å². The van der Waals surface area contributed by atoms with Crippen LogP contribution in [0.5, 0.6) is 0 Å². The molecule has 0 bridgehead atoms. The fourth-order valence-corrected chi connectivity index (χ4v) is 6.13. The van der Waals surface area contributed by atoms with Crippen molar-refractivity contribution in [3.8, 4) is 0 Å². The van der Waals surface area contributed by atoms with Gasteiger partial charge >= 0.3 is 6.03 Å². The molecule has 7 heteroatoms. The van der Waals surface area contributed by atoms with Gasteiger partial charge in [0.05, 0.1) is 18.8 Å². The molecule has 48 heavy (non-hydrogen) atoms. The van der Waals surface area contributed by atoms with E-state index in [0.29, 0.717) is 18.8 Å². The standard InChI is InChI=1S/C41H43N3O4/c1-30-38(28-44(26-32-13-7-3-8-14-32)27-33-15-9-4-10-16-33)47-40(48-39(30)35-19-17-34(29-45)18-20-35)36-21-23-37(24-22-36)43-41(46)42-25-31-11-5-2-6-12-31/h2-24,30,38-40,45H,25-29H2,1H3,(H2,42,43,46). The van der Waals surface area contributed by atoms with Crippen LogP contribution in [-0.4, -0.2) is 28.7 Å². The molecule has 0 aromatic heterocycles. The lowest BCUT2D eigenvalue weighted by Crippen LogP contribution is -2.44. The predicted octanol–water partition coefficient (Wildman–Crippen LogP) is 7.99. The molecule has 0 spiro atoms. The van der Waals surface area contributed by atoms with Crippen molar-refractivity contribution in [3.63, 3.8) is 0 Å². The number of anilines is 1. The van der Waals surface area contributed by atoms with Gasteiger partial charge in [0.15, 0.2) is 6.29 Å². The quantitative estimate of drug-likeness (QED) is 0.129. The second-order valence-corrected chi connectivity index (χ2v) is 12.4. The number of aliphatic hydroxyl groups excluding tert-OH is 1. The summed E-state index contributed by atoms with van der Waals surface area (Å²) >= 11 is 0. The SMILES string of the molecule is CC1C(CN(Cc2ccccc2)Cc2ccccc2)OC(c2ccc(NC(=O)NCc3ccccc3)cc2)OC1c1ccc(CO)cc1. The van der Waals surface area contributed by atoms with E-state index < -0.39 is 6.29 Å². The second-order valence-electron chi connectivity index (χ2n) is 12.4. The minimum atomic E-state index is -0.607. The lowest BCUT2D eigenvalue weighted by atomic mass is 9.89. The van der Waals surface area contributed by atoms with E-state index in [1.54, 1.807) is 0 Å². The highest BCUT2D eigenvalue weighted by molar-refractivity contribution is 5.89. The highest BCUT2D eigenvalue weighted by atomic mass is 16.7. The zero-order valence-electron chi connectivity index (χ0n) is 27.2. The maximum absolute atomic E-state index is 12.6. The third-order valence-electron chi connectivity index (χ3n) is 8.80. The van der Waals surface area contributed by atoms with Gasteiger partial charge in [0.25, 0.3) is 0 Å². The van der Waals surface area contributed by atoms with Crippen LogP contribution in [0, 0.1) is 5.92 Å². The van der Waals surface area contributed by atoms with Crippen molar-refractivity contribution in [1.29, 1.82) is 0 Å². The summed E-state index contributed by atoms with van der Waals surface area (Å²) in [7, 11) is 0. The zero-order valence-corrected chi connectivity index (χ0v) is 27.2. The molecule has 0 aliphatic carbocycles. The van der Waals surface area contributed by atoms with E-state index in [2.05, 4.69) is 71.0 Å². The first-order chi connectivity index (χ1) is 23.5. The molecule has 4 atom stereocenters. The third-order valence-corrected chi connectivity index (χ3v) is 8.80. The third kappa shape index (κ3) is 8.97. The van der Waals surface area contributed by atoms with Crippen LogP contribution in [0.3, 0.4) is 0 Å². The lowest BCUT2D eigenvalue weighted by Gasteiger charge is -2.43. The monoisotopic (exact) mass is 641 g/mol. The van der Waals surface area contributed by atoms with E-state index in [9.17, 15) is 9.90 Å². The Morgan fingerprint density at radius 3 is 1.77 bits per heavy atom. The molecule has 4 unspecified atom stereocenters. The van der Waals surface area contributed by atoms with Crippen molar-refractivity contribution >= 4 is 11.7 Å². The molecule has 1 saturated heterocycles. The van der Waals surface area contributed by atoms with E-state index in [1.807, 2.05) is 91.0 Å². The fourth-order valence-electron chi connectivity index (χ4n) is 6.13. The number of carbonyl (C=O) groups is 1. The van der Waals surface area contributed by atoms with E-state index in [1.165, 1.54) is 11.1 Å². The molecule has 0 saturated carbocycles. The van der Waals surface area contributed by atoms with Gasteiger partial charge < -0.3 is 25.2 Å². The summed E-state index contributed by atoms with van der Waals surface area (Å²) in [6.07, 6.45) is -0.969. The number of amides is 2. The average molecular weight is 642 g/mol. The number of aliphatic hydroxyl groups is 1. The number of nitrogens with one attached hydrogen (secondary N) is 2. The van der Waals surface area contributed by atoms with Crippen LogP contribution in [0.15, 0.2) is 140 Å². The van der Waals surface area contributed by atoms with E-state index in [0.717, 1.165) is 35.3 Å². The van der Waals surface area contributed by atoms with Crippen LogP contribution in [0.2, 0.25) is 0 Å². The lowest BCUT2D eigenvalue weighted by molar-refractivity contribution is -0.276. The summed E-state index contributed by atoms with van der Waals surface area (Å²) in [5.41, 5.74) is 6.98. The largest absolute Gasteiger partial charge is 0.392 e. The molecule has 3 N–H and O–H groups in total. The maximum atomic E-state index is 12.6. The molecule has 7 nitrogen and oxygen atoms in total. The van der Waals surface area contributed by atoms with Crippen molar-refractivity contribution in [2.45, 2.75) is 51.7 Å². The van der Waals surface area contributed by atoms with Crippen LogP contribution < -0.4 is 10.6 Å². The summed E-state index contributed by atoms with van der Waals surface area (Å²) in [6, 6.07) is 46.2. The van der Waals surface area contributed by atoms with Gasteiger partial charge in [-0.15, -0.1) is 0 Å². The smallest absolute Gasteiger partial charge is 0.319 e. The molecule has 5 aromatic carbocycles. The molecule has 1 aliphatic heterocycles. The van der Waals surface area contributed by atoms with Crippen molar-refractivity contribution in [2.75, 3.05) is 11.9 Å². The van der Waals surface area contributed by atoms with Gasteiger partial charge in [-0.25, -0.2) is 4.79 Å². The number of ether oxygens (including phenoxy) is 2. The highest BCUT2D eigenvalue weighted by Crippen LogP contribution is 2.42. The Kier molecular flexibility index (Phi) is 11.3. The Balaban J connectivity index is 1.20. The van der Waals surface area contributed by atoms with Gasteiger partial charge in [0, 0.05) is 43.3 Å². The number of nitrogens with zero attached hydrogens (tertiary/aromatic N) is 1. The van der Waals surface area contributed by atoms with Crippen LogP contribution in [0.4, 0.5) is 10.5 Å². The fraction of sp³-hybridized carbons (Fsp3) is 0.244. The van der Waals surface area contributed by atoms with Gasteiger partial charge in [0.1, 0.15) is 0 Å². The Labute approximate surface area is 283 Å². The van der Waals surface area contributed by atoms with Crippen LogP contribution in [0.25, 0.3) is 0 Å². The number of benzene rings is 5. The first-order valence-electron chi connectivity index (χ1n) is 16.5. The van der Waals surface area contributed by atoms with Crippen LogP contribution in [0.1, 0.15) is 52.7 Å². The van der Waals surface area contributed by atoms with Crippen LogP contribution in [-0.2, 0) is 35.7 Å². The van der Waals surface area contributed by atoms with Gasteiger partial charge in [-0.3, -0.25) is 4.90 Å². The molecule has 2 amide bonds. The van der Waals surface area contributed by atoms with Gasteiger partial charge in [-0.1, -0.05) is 134 Å². The van der Waals surface area contributed by atoms with Gasteiger partial charge in [0.2, 0.25) is 0 Å². The number of carbonyl (C=O) groups excluding carboxylic acids is 1. The first kappa shape index (κ1) is 33.1. The van der Waals surface area contributed by atoms with E-state index in [4.69, 9.17) is 9.47 Å². The summed E-state index contributed by atoms with van der Waals surface area (Å²) in [5, 5.41) is 15.5. The van der Waals surface area contributed by atoms with E-state index >= 15 is 0 Å². The second kappa shape index (κ2) is 16.4. The Bertz CT molecular complexity index is 1660. The minimum Gasteiger partial charge on any atom is -0.392 e. The summed E-state index contributed by atoms with van der Waals surface area (Å²) in [6.45, 7) is 4.91. The maximum Gasteiger partial charge on any atom is 0.319 e. The van der Waals surface area contributed by atoms with Crippen molar-refractivity contribution in [1.82, 2.24) is 10.2 Å². The topological polar surface area (TPSA) is 83.1 Å². The average Bonchev–Trinajstić information content (AvgIpc) is 3.13. The van der Waals surface area contributed by atoms with Crippen molar-refractivity contribution < 1.29 is 19.4 Å². The molecular weight excluding hydrogens is 598 g/mol. The first-order valence-corrected chi connectivity index (χ1v) is 16.5. The Morgan fingerprint density at radius 2 is 1.21 bits per heavy atom. The Hall–Kier alpha value is -4.79. The summed E-state index contributed by atoms with van der Waals surface area (Å²) < 4.78 is 13.5. The number of hydrogen-bond donors (Lipinski definition) is 3. The minimum absolute atomic E-state index is 0.00564. The summed E-state index contributed by atoms with van der Waals surface area (Å²) in [5.74, 6) is 0.0459. The molecule has 1 heterocycles. The number of rotatable bonds is 12. The number of hydrogen-bond acceptors (Lipinski definition) is 5. The van der Waals surface area contributed by atoms with Crippen molar-refractivity contribution in [3.05, 3.63) is 173 Å². The molecule has 6 rings (SSSR count). The zero-order chi connectivity index (χ0) is 33.1. The molecule has 5 aromatic rings. The highest BCUT2D eigenvalue weighted by Gasteiger charge is 2.39. The Morgan fingerprint density at radius 1 is 0.667 bits per heavy atom. The molecule has 246 valence electrons. The van der Waals surface area contributed by atoms with E-state index in [-0.39, 0.29) is 30.8 Å². The molecule has 1 aliphatic rings. The summed E-state index contributed by atoms with van der Waals surface area (Å²) in [4.78, 5) is 15.0. The molecule has 1 fully saturated rings. The normalized spacial score (nSPS) is 19.1.